The van der Waals surface area contributed by atoms with Gasteiger partial charge in [0, 0.05) is 51.5 Å². The quantitative estimate of drug-likeness (QED) is 0.813. The lowest BCUT2D eigenvalue weighted by Gasteiger charge is -2.40. The van der Waals surface area contributed by atoms with Crippen LogP contribution in [0.1, 0.15) is 25.7 Å². The van der Waals surface area contributed by atoms with Crippen LogP contribution >= 0.6 is 0 Å². The van der Waals surface area contributed by atoms with Crippen LogP contribution < -0.4 is 0 Å². The molecule has 3 rings (SSSR count). The third-order valence-corrected chi connectivity index (χ3v) is 5.92. The van der Waals surface area contributed by atoms with Gasteiger partial charge < -0.3 is 19.6 Å². The minimum absolute atomic E-state index is 0.0127. The first-order valence-electron chi connectivity index (χ1n) is 8.72. The van der Waals surface area contributed by atoms with Crippen molar-refractivity contribution < 1.29 is 19.4 Å². The average molecular weight is 324 g/mol. The molecule has 2 heterocycles. The molecule has 23 heavy (non-hydrogen) atoms. The second-order valence-corrected chi connectivity index (χ2v) is 7.43. The number of methoxy groups -OCH3 is 1. The lowest BCUT2D eigenvalue weighted by Crippen LogP contribution is -2.49. The zero-order valence-electron chi connectivity index (χ0n) is 14.1. The van der Waals surface area contributed by atoms with Crippen molar-refractivity contribution in [1.29, 1.82) is 0 Å². The predicted molar refractivity (Wildman–Crippen MR) is 84.5 cm³/mol. The highest BCUT2D eigenvalue weighted by Gasteiger charge is 2.44. The van der Waals surface area contributed by atoms with E-state index in [0.29, 0.717) is 37.8 Å². The summed E-state index contributed by atoms with van der Waals surface area (Å²) in [6.45, 7) is 2.80. The van der Waals surface area contributed by atoms with Crippen molar-refractivity contribution in [3.05, 3.63) is 0 Å². The van der Waals surface area contributed by atoms with Crippen LogP contribution in [0.25, 0.3) is 0 Å². The Morgan fingerprint density at radius 2 is 2.00 bits per heavy atom. The van der Waals surface area contributed by atoms with Crippen molar-refractivity contribution in [2.75, 3.05) is 40.4 Å². The Morgan fingerprint density at radius 3 is 2.65 bits per heavy atom. The number of rotatable bonds is 3. The van der Waals surface area contributed by atoms with Crippen LogP contribution in [0.2, 0.25) is 0 Å². The first-order chi connectivity index (χ1) is 11.0. The number of hydrogen-bond donors (Lipinski definition) is 1. The van der Waals surface area contributed by atoms with Crippen molar-refractivity contribution in [3.8, 4) is 0 Å². The molecule has 3 atom stereocenters. The number of carbonyl (C=O) groups is 2. The number of ether oxygens (including phenoxy) is 1. The molecular weight excluding hydrogens is 296 g/mol. The highest BCUT2D eigenvalue weighted by molar-refractivity contribution is 5.81. The average Bonchev–Trinajstić information content (AvgIpc) is 2.72. The summed E-state index contributed by atoms with van der Waals surface area (Å²) in [5, 5.41) is 9.41. The molecule has 0 aromatic rings. The van der Waals surface area contributed by atoms with Gasteiger partial charge in [-0.25, -0.2) is 0 Å². The molecule has 130 valence electrons. The van der Waals surface area contributed by atoms with Crippen molar-refractivity contribution in [3.63, 3.8) is 0 Å². The molecule has 2 aliphatic heterocycles. The maximum Gasteiger partial charge on any atom is 0.225 e. The summed E-state index contributed by atoms with van der Waals surface area (Å²) in [6.07, 6.45) is 2.50. The van der Waals surface area contributed by atoms with Crippen molar-refractivity contribution in [2.45, 2.75) is 31.8 Å². The van der Waals surface area contributed by atoms with E-state index < -0.39 is 0 Å². The summed E-state index contributed by atoms with van der Waals surface area (Å²) in [4.78, 5) is 28.8. The fraction of sp³-hybridized carbons (Fsp3) is 0.882. The molecule has 0 spiro atoms. The summed E-state index contributed by atoms with van der Waals surface area (Å²) < 4.78 is 5.36. The third-order valence-electron chi connectivity index (χ3n) is 5.92. The Bertz CT molecular complexity index is 464. The van der Waals surface area contributed by atoms with Gasteiger partial charge in [0.05, 0.1) is 12.7 Å². The number of nitrogens with zero attached hydrogens (tertiary/aromatic N) is 2. The molecule has 1 N–H and O–H groups in total. The number of likely N-dealkylation sites (tertiary alicyclic amines) is 2. The highest BCUT2D eigenvalue weighted by atomic mass is 16.5. The largest absolute Gasteiger partial charge is 0.393 e. The van der Waals surface area contributed by atoms with Crippen molar-refractivity contribution in [2.24, 2.45) is 23.7 Å². The maximum absolute atomic E-state index is 12.5. The Morgan fingerprint density at radius 1 is 1.30 bits per heavy atom. The lowest BCUT2D eigenvalue weighted by molar-refractivity contribution is -0.144. The molecule has 2 amide bonds. The molecule has 0 radical (unpaired) electrons. The second kappa shape index (κ2) is 6.77. The fourth-order valence-corrected chi connectivity index (χ4v) is 4.52. The third kappa shape index (κ3) is 3.24. The molecule has 6 nitrogen and oxygen atoms in total. The predicted octanol–water partition coefficient (Wildman–Crippen LogP) is 0.347. The molecule has 0 bridgehead atoms. The van der Waals surface area contributed by atoms with Gasteiger partial charge in [-0.2, -0.15) is 0 Å². The number of piperidine rings is 1. The zero-order chi connectivity index (χ0) is 16.6. The van der Waals surface area contributed by atoms with Crippen LogP contribution in [0.4, 0.5) is 0 Å². The fourth-order valence-electron chi connectivity index (χ4n) is 4.52. The van der Waals surface area contributed by atoms with Gasteiger partial charge in [0.1, 0.15) is 0 Å². The number of carbonyl (C=O) groups excluding carboxylic acids is 2. The number of hydrogen-bond acceptors (Lipinski definition) is 4. The lowest BCUT2D eigenvalue weighted by atomic mass is 9.75. The summed E-state index contributed by atoms with van der Waals surface area (Å²) in [6, 6.07) is 0. The molecule has 0 aromatic heterocycles. The van der Waals surface area contributed by atoms with E-state index in [1.54, 1.807) is 7.11 Å². The normalized spacial score (nSPS) is 37.9. The van der Waals surface area contributed by atoms with E-state index in [2.05, 4.69) is 0 Å². The highest BCUT2D eigenvalue weighted by Crippen LogP contribution is 2.37. The van der Waals surface area contributed by atoms with Crippen molar-refractivity contribution in [1.82, 2.24) is 9.80 Å². The number of aliphatic hydroxyl groups is 1. The van der Waals surface area contributed by atoms with Gasteiger partial charge in [-0.05, 0) is 31.6 Å². The Hall–Kier alpha value is -1.14. The van der Waals surface area contributed by atoms with Gasteiger partial charge in [0.25, 0.3) is 0 Å². The van der Waals surface area contributed by atoms with E-state index in [0.717, 1.165) is 25.9 Å². The molecular formula is C17H28N2O4. The van der Waals surface area contributed by atoms with E-state index in [-0.39, 0.29) is 29.8 Å². The van der Waals surface area contributed by atoms with Crippen LogP contribution in [0.15, 0.2) is 0 Å². The second-order valence-electron chi connectivity index (χ2n) is 7.43. The molecule has 3 aliphatic rings. The zero-order valence-corrected chi connectivity index (χ0v) is 14.1. The summed E-state index contributed by atoms with van der Waals surface area (Å²) >= 11 is 0. The van der Waals surface area contributed by atoms with Gasteiger partial charge in [-0.3, -0.25) is 9.59 Å². The maximum atomic E-state index is 12.5. The molecule has 3 fully saturated rings. The van der Waals surface area contributed by atoms with E-state index in [1.165, 1.54) is 0 Å². The van der Waals surface area contributed by atoms with E-state index in [4.69, 9.17) is 4.74 Å². The number of fused-ring (bicyclic) bond motifs is 1. The van der Waals surface area contributed by atoms with E-state index in [9.17, 15) is 14.7 Å². The smallest absolute Gasteiger partial charge is 0.225 e. The molecule has 0 aromatic carbocycles. The van der Waals surface area contributed by atoms with Gasteiger partial charge in [0.2, 0.25) is 11.8 Å². The molecule has 6 heteroatoms. The van der Waals surface area contributed by atoms with Crippen molar-refractivity contribution >= 4 is 11.8 Å². The van der Waals surface area contributed by atoms with Crippen LogP contribution in [0.5, 0.6) is 0 Å². The summed E-state index contributed by atoms with van der Waals surface area (Å²) in [7, 11) is 3.57. The minimum Gasteiger partial charge on any atom is -0.393 e. The molecule has 1 aliphatic carbocycles. The summed E-state index contributed by atoms with van der Waals surface area (Å²) in [5.41, 5.74) is 0. The van der Waals surface area contributed by atoms with Gasteiger partial charge in [-0.1, -0.05) is 0 Å². The van der Waals surface area contributed by atoms with Gasteiger partial charge in [-0.15, -0.1) is 0 Å². The monoisotopic (exact) mass is 324 g/mol. The van der Waals surface area contributed by atoms with E-state index >= 15 is 0 Å². The van der Waals surface area contributed by atoms with E-state index in [1.807, 2.05) is 16.8 Å². The van der Waals surface area contributed by atoms with Gasteiger partial charge >= 0.3 is 0 Å². The number of aliphatic hydroxyl groups excluding tert-OH is 1. The SMILES string of the molecule is COCC1CN(C)C(=O)[C@H]2CCN(C(=O)C3CC(O)C3)CC[C@@H]12. The summed E-state index contributed by atoms with van der Waals surface area (Å²) in [5.74, 6) is 1.04. The van der Waals surface area contributed by atoms with Crippen LogP contribution in [-0.4, -0.2) is 73.2 Å². The Kier molecular flexibility index (Phi) is 4.92. The van der Waals surface area contributed by atoms with Gasteiger partial charge in [0.15, 0.2) is 0 Å². The molecule has 1 saturated carbocycles. The Labute approximate surface area is 137 Å². The van der Waals surface area contributed by atoms with Crippen LogP contribution in [-0.2, 0) is 14.3 Å². The minimum atomic E-state index is -0.306. The van der Waals surface area contributed by atoms with Crippen LogP contribution in [0, 0.1) is 23.7 Å². The molecule has 2 saturated heterocycles. The standard InChI is InChI=1S/C17H28N2O4/c1-18-9-12(10-23-2)14-3-5-19(6-4-15(14)17(18)22)16(21)11-7-13(20)8-11/h11-15,20H,3-10H2,1-2H3/t11?,12?,13?,14-,15-/m0/s1. The topological polar surface area (TPSA) is 70.1 Å². The molecule has 1 unspecified atom stereocenters. The first kappa shape index (κ1) is 16.7. The first-order valence-corrected chi connectivity index (χ1v) is 8.72. The number of amides is 2. The van der Waals surface area contributed by atoms with Crippen LogP contribution in [0.3, 0.4) is 0 Å². The Balaban J connectivity index is 1.67.